The number of benzene rings is 1. The molecule has 0 aliphatic rings. The van der Waals surface area contributed by atoms with Gasteiger partial charge < -0.3 is 5.32 Å². The van der Waals surface area contributed by atoms with E-state index in [1.807, 2.05) is 25.2 Å². The Morgan fingerprint density at radius 1 is 1.27 bits per heavy atom. The van der Waals surface area contributed by atoms with Gasteiger partial charge in [0.15, 0.2) is 0 Å². The summed E-state index contributed by atoms with van der Waals surface area (Å²) in [6.45, 7) is 3.25. The summed E-state index contributed by atoms with van der Waals surface area (Å²) in [5, 5.41) is 4.70. The molecule has 1 aromatic carbocycles. The van der Waals surface area contributed by atoms with Crippen molar-refractivity contribution in [2.75, 3.05) is 13.6 Å². The summed E-state index contributed by atoms with van der Waals surface area (Å²) < 4.78 is 0. The van der Waals surface area contributed by atoms with E-state index >= 15 is 0 Å². The summed E-state index contributed by atoms with van der Waals surface area (Å²) in [5.41, 5.74) is 1.07. The Morgan fingerprint density at radius 3 is 2.40 bits per heavy atom. The molecule has 15 heavy (non-hydrogen) atoms. The Hall–Kier alpha value is -0.240. The Bertz CT molecular complexity index is 292. The molecule has 0 aliphatic carbocycles. The van der Waals surface area contributed by atoms with Crippen molar-refractivity contribution in [3.8, 4) is 0 Å². The smallest absolute Gasteiger partial charge is 0.0452 e. The van der Waals surface area contributed by atoms with Crippen LogP contribution in [0.25, 0.3) is 0 Å². The highest BCUT2D eigenvalue weighted by Crippen LogP contribution is 2.27. The fourth-order valence-electron chi connectivity index (χ4n) is 1.57. The molecule has 0 fully saturated rings. The average molecular weight is 246 g/mol. The second-order valence-electron chi connectivity index (χ2n) is 3.90. The third-order valence-corrected chi connectivity index (χ3v) is 3.21. The number of hydrogen-bond acceptors (Lipinski definition) is 1. The van der Waals surface area contributed by atoms with Gasteiger partial charge in [-0.1, -0.05) is 36.2 Å². The van der Waals surface area contributed by atoms with Gasteiger partial charge in [0.1, 0.15) is 0 Å². The molecule has 1 N–H and O–H groups in total. The third kappa shape index (κ3) is 4.02. The molecule has 0 saturated heterocycles. The minimum Gasteiger partial charge on any atom is -0.320 e. The topological polar surface area (TPSA) is 12.0 Å². The van der Waals surface area contributed by atoms with Crippen molar-refractivity contribution in [3.63, 3.8) is 0 Å². The molecule has 1 nitrogen and oxygen atoms in total. The van der Waals surface area contributed by atoms with E-state index in [-0.39, 0.29) is 0 Å². The van der Waals surface area contributed by atoms with Crippen LogP contribution in [0, 0.1) is 5.92 Å². The maximum atomic E-state index is 6.11. The quantitative estimate of drug-likeness (QED) is 0.833. The summed E-state index contributed by atoms with van der Waals surface area (Å²) >= 11 is 12.2. The van der Waals surface area contributed by atoms with Crippen molar-refractivity contribution >= 4 is 23.2 Å². The Balaban J connectivity index is 2.63. The molecular formula is C12H17Cl2N. The van der Waals surface area contributed by atoms with Gasteiger partial charge in [-0.05, 0) is 50.0 Å². The van der Waals surface area contributed by atoms with Crippen LogP contribution in [0.15, 0.2) is 18.2 Å². The molecule has 1 aromatic rings. The number of rotatable bonds is 5. The monoisotopic (exact) mass is 245 g/mol. The van der Waals surface area contributed by atoms with Crippen molar-refractivity contribution in [3.05, 3.63) is 33.8 Å². The molecule has 0 aromatic heterocycles. The normalized spacial score (nSPS) is 12.8. The minimum atomic E-state index is 0.592. The molecular weight excluding hydrogens is 229 g/mol. The summed E-state index contributed by atoms with van der Waals surface area (Å²) in [6, 6.07) is 5.67. The predicted molar refractivity (Wildman–Crippen MR) is 67.9 cm³/mol. The highest BCUT2D eigenvalue weighted by molar-refractivity contribution is 6.35. The van der Waals surface area contributed by atoms with Crippen molar-refractivity contribution in [1.29, 1.82) is 0 Å². The molecule has 0 radical (unpaired) electrons. The van der Waals surface area contributed by atoms with Gasteiger partial charge >= 0.3 is 0 Å². The Labute approximate surface area is 102 Å². The lowest BCUT2D eigenvalue weighted by Crippen LogP contribution is -2.13. The van der Waals surface area contributed by atoms with Crippen molar-refractivity contribution < 1.29 is 0 Å². The van der Waals surface area contributed by atoms with Crippen LogP contribution >= 0.6 is 23.2 Å². The molecule has 84 valence electrons. The second-order valence-corrected chi connectivity index (χ2v) is 4.72. The van der Waals surface area contributed by atoms with E-state index in [0.717, 1.165) is 35.0 Å². The largest absolute Gasteiger partial charge is 0.320 e. The summed E-state index contributed by atoms with van der Waals surface area (Å²) in [7, 11) is 1.97. The van der Waals surface area contributed by atoms with Crippen LogP contribution in [0.4, 0.5) is 0 Å². The third-order valence-electron chi connectivity index (χ3n) is 2.50. The van der Waals surface area contributed by atoms with Gasteiger partial charge in [-0.15, -0.1) is 0 Å². The van der Waals surface area contributed by atoms with Gasteiger partial charge in [0, 0.05) is 10.0 Å². The minimum absolute atomic E-state index is 0.592. The number of nitrogens with one attached hydrogen (secondary N) is 1. The van der Waals surface area contributed by atoms with Crippen LogP contribution in [-0.2, 0) is 6.42 Å². The average Bonchev–Trinajstić information content (AvgIpc) is 2.21. The predicted octanol–water partition coefficient (Wildman–Crippen LogP) is 3.78. The lowest BCUT2D eigenvalue weighted by atomic mass is 9.98. The molecule has 0 aliphatic heterocycles. The number of hydrogen-bond donors (Lipinski definition) is 1. The highest BCUT2D eigenvalue weighted by atomic mass is 35.5. The first-order chi connectivity index (χ1) is 7.15. The fraction of sp³-hybridized carbons (Fsp3) is 0.500. The number of halogens is 2. The zero-order valence-electron chi connectivity index (χ0n) is 9.19. The molecule has 0 spiro atoms. The highest BCUT2D eigenvalue weighted by Gasteiger charge is 2.09. The summed E-state index contributed by atoms with van der Waals surface area (Å²) in [6.07, 6.45) is 2.08. The van der Waals surface area contributed by atoms with Crippen molar-refractivity contribution in [2.24, 2.45) is 5.92 Å². The van der Waals surface area contributed by atoms with Crippen LogP contribution < -0.4 is 5.32 Å². The van der Waals surface area contributed by atoms with Gasteiger partial charge in [-0.2, -0.15) is 0 Å². The molecule has 0 heterocycles. The maximum Gasteiger partial charge on any atom is 0.0452 e. The van der Waals surface area contributed by atoms with Gasteiger partial charge in [0.25, 0.3) is 0 Å². The van der Waals surface area contributed by atoms with Gasteiger partial charge in [0.2, 0.25) is 0 Å². The maximum absolute atomic E-state index is 6.11. The first-order valence-corrected chi connectivity index (χ1v) is 5.98. The van der Waals surface area contributed by atoms with Crippen LogP contribution in [0.2, 0.25) is 10.0 Å². The van der Waals surface area contributed by atoms with Gasteiger partial charge in [-0.3, -0.25) is 0 Å². The molecule has 1 unspecified atom stereocenters. The molecule has 0 saturated carbocycles. The fourth-order valence-corrected chi connectivity index (χ4v) is 2.12. The van der Waals surface area contributed by atoms with Crippen LogP contribution in [0.3, 0.4) is 0 Å². The molecule has 1 rings (SSSR count). The zero-order chi connectivity index (χ0) is 11.3. The first-order valence-electron chi connectivity index (χ1n) is 5.22. The molecule has 0 amide bonds. The van der Waals surface area contributed by atoms with Gasteiger partial charge in [-0.25, -0.2) is 0 Å². The van der Waals surface area contributed by atoms with E-state index in [0.29, 0.717) is 5.92 Å². The molecule has 1 atom stereocenters. The van der Waals surface area contributed by atoms with E-state index in [2.05, 4.69) is 12.2 Å². The summed E-state index contributed by atoms with van der Waals surface area (Å²) in [5.74, 6) is 0.592. The SMILES string of the molecule is CNCCC(C)Cc1c(Cl)cccc1Cl. The van der Waals surface area contributed by atoms with E-state index in [1.165, 1.54) is 0 Å². The Kier molecular flexibility index (Phi) is 5.44. The first kappa shape index (κ1) is 12.8. The van der Waals surface area contributed by atoms with E-state index in [4.69, 9.17) is 23.2 Å². The van der Waals surface area contributed by atoms with E-state index in [9.17, 15) is 0 Å². The zero-order valence-corrected chi connectivity index (χ0v) is 10.7. The lowest BCUT2D eigenvalue weighted by Gasteiger charge is -2.13. The lowest BCUT2D eigenvalue weighted by molar-refractivity contribution is 0.515. The van der Waals surface area contributed by atoms with E-state index < -0.39 is 0 Å². The van der Waals surface area contributed by atoms with Gasteiger partial charge in [0.05, 0.1) is 0 Å². The summed E-state index contributed by atoms with van der Waals surface area (Å²) in [4.78, 5) is 0. The second kappa shape index (κ2) is 6.37. The van der Waals surface area contributed by atoms with Crippen LogP contribution in [0.5, 0.6) is 0 Å². The van der Waals surface area contributed by atoms with Crippen LogP contribution in [0.1, 0.15) is 18.9 Å². The van der Waals surface area contributed by atoms with Crippen molar-refractivity contribution in [2.45, 2.75) is 19.8 Å². The standard InChI is InChI=1S/C12H17Cl2N/c1-9(6-7-15-2)8-10-11(13)4-3-5-12(10)14/h3-5,9,15H,6-8H2,1-2H3. The molecule has 3 heteroatoms. The molecule has 0 bridgehead atoms. The Morgan fingerprint density at radius 2 is 1.87 bits per heavy atom. The van der Waals surface area contributed by atoms with Crippen LogP contribution in [-0.4, -0.2) is 13.6 Å². The van der Waals surface area contributed by atoms with Crippen molar-refractivity contribution in [1.82, 2.24) is 5.32 Å². The van der Waals surface area contributed by atoms with E-state index in [1.54, 1.807) is 0 Å².